The largest absolute Gasteiger partial charge is 0.420 e. The van der Waals surface area contributed by atoms with Crippen LogP contribution in [0.1, 0.15) is 12.8 Å². The van der Waals surface area contributed by atoms with Gasteiger partial charge in [-0.2, -0.15) is 0 Å². The van der Waals surface area contributed by atoms with Crippen molar-refractivity contribution in [1.82, 2.24) is 15.1 Å². The van der Waals surface area contributed by atoms with Crippen LogP contribution in [0.15, 0.2) is 28.7 Å². The van der Waals surface area contributed by atoms with E-state index in [0.717, 1.165) is 0 Å². The summed E-state index contributed by atoms with van der Waals surface area (Å²) in [7, 11) is 1.52. The van der Waals surface area contributed by atoms with Crippen LogP contribution in [-0.4, -0.2) is 47.8 Å². The molecule has 24 heavy (non-hydrogen) atoms. The van der Waals surface area contributed by atoms with E-state index in [0.29, 0.717) is 24.5 Å². The minimum absolute atomic E-state index is 0.220. The number of hydrogen-bond acceptors (Lipinski definition) is 5. The molecule has 1 aromatic heterocycles. The molecule has 7 heteroatoms. The normalized spacial score (nSPS) is 15.4. The number of carbonyl (C=O) groups is 1. The summed E-state index contributed by atoms with van der Waals surface area (Å²) in [6.45, 7) is 3.04. The Hall–Kier alpha value is -2.72. The number of likely N-dealkylation sites (tertiary alicyclic amines) is 1. The molecule has 1 saturated heterocycles. The summed E-state index contributed by atoms with van der Waals surface area (Å²) >= 11 is 0. The zero-order chi connectivity index (χ0) is 17.2. The van der Waals surface area contributed by atoms with Gasteiger partial charge >= 0.3 is 0 Å². The predicted molar refractivity (Wildman–Crippen MR) is 83.3 cm³/mol. The third-order valence-corrected chi connectivity index (χ3v) is 3.79. The van der Waals surface area contributed by atoms with Gasteiger partial charge in [0.1, 0.15) is 12.4 Å². The molecule has 0 unspecified atom stereocenters. The highest BCUT2D eigenvalue weighted by molar-refractivity contribution is 5.94. The number of halogens is 1. The maximum atomic E-state index is 13.3. The number of nitrogens with zero attached hydrogens (tertiary/aromatic N) is 3. The van der Waals surface area contributed by atoms with Crippen molar-refractivity contribution in [2.45, 2.75) is 12.3 Å². The summed E-state index contributed by atoms with van der Waals surface area (Å²) in [6.07, 6.45) is 0. The highest BCUT2D eigenvalue weighted by Gasteiger charge is 2.46. The lowest BCUT2D eigenvalue weighted by Gasteiger charge is -2.44. The quantitative estimate of drug-likeness (QED) is 0.801. The van der Waals surface area contributed by atoms with Crippen LogP contribution >= 0.6 is 0 Å². The number of ether oxygens (including phenoxy) is 1. The molecule has 1 aliphatic rings. The van der Waals surface area contributed by atoms with E-state index in [-0.39, 0.29) is 24.2 Å². The highest BCUT2D eigenvalue weighted by atomic mass is 19.1. The first-order chi connectivity index (χ1) is 11.5. The van der Waals surface area contributed by atoms with Gasteiger partial charge in [0.15, 0.2) is 0 Å². The SMILES string of the molecule is COCC#CC(=O)N1CC(C)(c2nnc(-c3cccc(F)c3)o2)C1. The topological polar surface area (TPSA) is 68.5 Å². The van der Waals surface area contributed by atoms with Crippen molar-refractivity contribution in [3.63, 3.8) is 0 Å². The Bertz CT molecular complexity index is 816. The molecule has 0 aliphatic carbocycles. The van der Waals surface area contributed by atoms with Gasteiger partial charge < -0.3 is 14.1 Å². The van der Waals surface area contributed by atoms with Crippen LogP contribution in [0.3, 0.4) is 0 Å². The lowest BCUT2D eigenvalue weighted by molar-refractivity contribution is -0.132. The maximum absolute atomic E-state index is 13.3. The molecule has 1 amide bonds. The highest BCUT2D eigenvalue weighted by Crippen LogP contribution is 2.34. The Labute approximate surface area is 138 Å². The average Bonchev–Trinajstić information content (AvgIpc) is 3.02. The van der Waals surface area contributed by atoms with Gasteiger partial charge in [-0.1, -0.05) is 12.0 Å². The van der Waals surface area contributed by atoms with Gasteiger partial charge in [-0.15, -0.1) is 10.2 Å². The fraction of sp³-hybridized carbons (Fsp3) is 0.353. The Balaban J connectivity index is 1.69. The fourth-order valence-corrected chi connectivity index (χ4v) is 2.54. The van der Waals surface area contributed by atoms with Crippen molar-refractivity contribution in [3.8, 4) is 23.3 Å². The van der Waals surface area contributed by atoms with E-state index in [4.69, 9.17) is 9.15 Å². The van der Waals surface area contributed by atoms with Crippen molar-refractivity contribution in [3.05, 3.63) is 36.0 Å². The van der Waals surface area contributed by atoms with E-state index in [9.17, 15) is 9.18 Å². The number of carbonyl (C=O) groups excluding carboxylic acids is 1. The molecule has 0 radical (unpaired) electrons. The van der Waals surface area contributed by atoms with Crippen molar-refractivity contribution in [2.75, 3.05) is 26.8 Å². The zero-order valence-corrected chi connectivity index (χ0v) is 13.4. The van der Waals surface area contributed by atoms with E-state index in [1.807, 2.05) is 6.92 Å². The molecule has 2 aromatic rings. The summed E-state index contributed by atoms with van der Waals surface area (Å²) in [5, 5.41) is 8.03. The molecule has 1 aliphatic heterocycles. The number of aromatic nitrogens is 2. The number of rotatable bonds is 3. The molecule has 1 fully saturated rings. The predicted octanol–water partition coefficient (Wildman–Crippen LogP) is 1.63. The van der Waals surface area contributed by atoms with Crippen LogP contribution in [0.5, 0.6) is 0 Å². The Morgan fingerprint density at radius 1 is 1.46 bits per heavy atom. The van der Waals surface area contributed by atoms with Gasteiger partial charge in [-0.25, -0.2) is 4.39 Å². The third-order valence-electron chi connectivity index (χ3n) is 3.79. The molecule has 0 N–H and O–H groups in total. The minimum atomic E-state index is -0.419. The fourth-order valence-electron chi connectivity index (χ4n) is 2.54. The molecule has 6 nitrogen and oxygen atoms in total. The summed E-state index contributed by atoms with van der Waals surface area (Å²) < 4.78 is 23.7. The van der Waals surface area contributed by atoms with Crippen molar-refractivity contribution in [1.29, 1.82) is 0 Å². The molecule has 2 heterocycles. The van der Waals surface area contributed by atoms with Gasteiger partial charge in [-0.3, -0.25) is 4.79 Å². The summed E-state index contributed by atoms with van der Waals surface area (Å²) in [5.41, 5.74) is 0.104. The monoisotopic (exact) mass is 329 g/mol. The van der Waals surface area contributed by atoms with Gasteiger partial charge in [0.05, 0.1) is 5.41 Å². The van der Waals surface area contributed by atoms with E-state index < -0.39 is 5.41 Å². The zero-order valence-electron chi connectivity index (χ0n) is 13.4. The van der Waals surface area contributed by atoms with Crippen molar-refractivity contribution >= 4 is 5.91 Å². The third kappa shape index (κ3) is 3.14. The maximum Gasteiger partial charge on any atom is 0.298 e. The van der Waals surface area contributed by atoms with Gasteiger partial charge in [0, 0.05) is 25.8 Å². The lowest BCUT2D eigenvalue weighted by atomic mass is 9.82. The van der Waals surface area contributed by atoms with Crippen LogP contribution in [0.4, 0.5) is 4.39 Å². The smallest absolute Gasteiger partial charge is 0.298 e. The number of methoxy groups -OCH3 is 1. The number of hydrogen-bond donors (Lipinski definition) is 0. The first kappa shape index (κ1) is 16.1. The van der Waals surface area contributed by atoms with Gasteiger partial charge in [0.2, 0.25) is 11.8 Å². The molecule has 0 saturated carbocycles. The van der Waals surface area contributed by atoms with Gasteiger partial charge in [0.25, 0.3) is 5.91 Å². The van der Waals surface area contributed by atoms with E-state index >= 15 is 0 Å². The molecule has 3 rings (SSSR count). The number of benzene rings is 1. The van der Waals surface area contributed by atoms with Crippen molar-refractivity contribution < 1.29 is 18.3 Å². The number of amides is 1. The molecular formula is C17H16FN3O3. The van der Waals surface area contributed by atoms with Crippen molar-refractivity contribution in [2.24, 2.45) is 0 Å². The summed E-state index contributed by atoms with van der Waals surface area (Å²) in [6, 6.07) is 5.97. The van der Waals surface area contributed by atoms with E-state index in [1.165, 1.54) is 19.2 Å². The lowest BCUT2D eigenvalue weighted by Crippen LogP contribution is -2.59. The van der Waals surface area contributed by atoms with E-state index in [2.05, 4.69) is 22.0 Å². The van der Waals surface area contributed by atoms with E-state index in [1.54, 1.807) is 17.0 Å². The average molecular weight is 329 g/mol. The summed E-state index contributed by atoms with van der Waals surface area (Å²) in [5.74, 6) is 5.21. The molecule has 0 spiro atoms. The van der Waals surface area contributed by atoms with Crippen LogP contribution in [0.2, 0.25) is 0 Å². The minimum Gasteiger partial charge on any atom is -0.420 e. The Kier molecular flexibility index (Phi) is 4.32. The van der Waals surface area contributed by atoms with Crippen LogP contribution in [0.25, 0.3) is 11.5 Å². The second kappa shape index (κ2) is 6.42. The Morgan fingerprint density at radius 3 is 2.96 bits per heavy atom. The second-order valence-electron chi connectivity index (χ2n) is 5.88. The van der Waals surface area contributed by atoms with Crippen LogP contribution in [0, 0.1) is 17.7 Å². The first-order valence-corrected chi connectivity index (χ1v) is 7.38. The molecule has 124 valence electrons. The molecule has 0 bridgehead atoms. The van der Waals surface area contributed by atoms with Crippen LogP contribution < -0.4 is 0 Å². The molecule has 1 aromatic carbocycles. The van der Waals surface area contributed by atoms with Gasteiger partial charge in [-0.05, 0) is 31.0 Å². The standard InChI is InChI=1S/C17H16FN3O3/c1-17(10-21(11-17)14(22)7-4-8-23-2)16-20-19-15(24-16)12-5-3-6-13(18)9-12/h3,5-6,9H,8,10-11H2,1-2H3. The first-order valence-electron chi connectivity index (χ1n) is 7.38. The second-order valence-corrected chi connectivity index (χ2v) is 5.88. The molecule has 0 atom stereocenters. The molecular weight excluding hydrogens is 313 g/mol. The van der Waals surface area contributed by atoms with Crippen LogP contribution in [-0.2, 0) is 14.9 Å². The summed E-state index contributed by atoms with van der Waals surface area (Å²) in [4.78, 5) is 13.5. The Morgan fingerprint density at radius 2 is 2.25 bits per heavy atom.